The number of aromatic amines is 1. The Kier molecular flexibility index (Phi) is 4.65. The molecule has 0 aliphatic heterocycles. The first kappa shape index (κ1) is 15.1. The van der Waals surface area contributed by atoms with Gasteiger partial charge in [-0.3, -0.25) is 4.79 Å². The largest absolute Gasteiger partial charge is 0.448 e. The third kappa shape index (κ3) is 3.86. The highest BCUT2D eigenvalue weighted by Crippen LogP contribution is 2.15. The third-order valence-corrected chi connectivity index (χ3v) is 3.14. The summed E-state index contributed by atoms with van der Waals surface area (Å²) in [5.41, 5.74) is 1.82. The van der Waals surface area contributed by atoms with Gasteiger partial charge in [-0.05, 0) is 31.5 Å². The fraction of sp³-hybridized carbons (Fsp3) is 0.200. The van der Waals surface area contributed by atoms with E-state index >= 15 is 0 Å². The molecule has 6 heteroatoms. The van der Waals surface area contributed by atoms with Crippen molar-refractivity contribution in [1.82, 2.24) is 4.98 Å². The maximum Gasteiger partial charge on any atom is 0.355 e. The summed E-state index contributed by atoms with van der Waals surface area (Å²) >= 11 is 5.71. The molecule has 0 bridgehead atoms. The molecule has 1 amide bonds. The Labute approximate surface area is 127 Å². The van der Waals surface area contributed by atoms with E-state index in [4.69, 9.17) is 16.3 Å². The van der Waals surface area contributed by atoms with E-state index in [1.807, 2.05) is 25.1 Å². The van der Waals surface area contributed by atoms with Crippen LogP contribution >= 0.6 is 11.6 Å². The second-order valence-electron chi connectivity index (χ2n) is 4.58. The van der Waals surface area contributed by atoms with Crippen LogP contribution in [0.15, 0.2) is 36.5 Å². The van der Waals surface area contributed by atoms with Crippen LogP contribution in [0.5, 0.6) is 0 Å². The van der Waals surface area contributed by atoms with Gasteiger partial charge in [0.05, 0.1) is 5.02 Å². The Hall–Kier alpha value is -2.27. The number of nitrogens with one attached hydrogen (secondary N) is 2. The van der Waals surface area contributed by atoms with Crippen LogP contribution in [0.3, 0.4) is 0 Å². The van der Waals surface area contributed by atoms with E-state index in [1.54, 1.807) is 6.07 Å². The van der Waals surface area contributed by atoms with E-state index in [0.717, 1.165) is 5.56 Å². The van der Waals surface area contributed by atoms with Crippen molar-refractivity contribution in [2.45, 2.75) is 20.0 Å². The predicted octanol–water partition coefficient (Wildman–Crippen LogP) is 3.16. The van der Waals surface area contributed by atoms with Gasteiger partial charge in [0.25, 0.3) is 5.91 Å². The second-order valence-corrected chi connectivity index (χ2v) is 5.02. The van der Waals surface area contributed by atoms with Crippen LogP contribution in [-0.4, -0.2) is 23.0 Å². The van der Waals surface area contributed by atoms with E-state index in [1.165, 1.54) is 19.2 Å². The third-order valence-electron chi connectivity index (χ3n) is 2.92. The maximum atomic E-state index is 12.0. The number of halogens is 1. The first-order valence-electron chi connectivity index (χ1n) is 6.39. The molecule has 2 N–H and O–H groups in total. The fourth-order valence-corrected chi connectivity index (χ4v) is 1.87. The van der Waals surface area contributed by atoms with Gasteiger partial charge in [-0.1, -0.05) is 29.8 Å². The van der Waals surface area contributed by atoms with Gasteiger partial charge in [0.1, 0.15) is 5.69 Å². The SMILES string of the molecule is Cc1ccccc1NC(=O)C(C)OC(=O)c1cc(Cl)c[nH]1. The molecule has 0 fully saturated rings. The number of para-hydroxylation sites is 1. The molecule has 0 radical (unpaired) electrons. The Bertz CT molecular complexity index is 666. The van der Waals surface area contributed by atoms with Crippen LogP contribution in [0, 0.1) is 6.92 Å². The van der Waals surface area contributed by atoms with Crippen molar-refractivity contribution in [1.29, 1.82) is 0 Å². The molecule has 1 atom stereocenters. The highest BCUT2D eigenvalue weighted by atomic mass is 35.5. The Morgan fingerprint density at radius 1 is 1.33 bits per heavy atom. The molecule has 0 aliphatic carbocycles. The summed E-state index contributed by atoms with van der Waals surface area (Å²) in [4.78, 5) is 26.5. The van der Waals surface area contributed by atoms with Gasteiger partial charge in [0, 0.05) is 11.9 Å². The van der Waals surface area contributed by atoms with Gasteiger partial charge < -0.3 is 15.0 Å². The minimum absolute atomic E-state index is 0.204. The first-order chi connectivity index (χ1) is 9.97. The smallest absolute Gasteiger partial charge is 0.355 e. The van der Waals surface area contributed by atoms with E-state index < -0.39 is 18.0 Å². The van der Waals surface area contributed by atoms with Crippen LogP contribution in [0.4, 0.5) is 5.69 Å². The molecule has 2 rings (SSSR count). The lowest BCUT2D eigenvalue weighted by Crippen LogP contribution is -2.30. The van der Waals surface area contributed by atoms with Gasteiger partial charge in [-0.15, -0.1) is 0 Å². The van der Waals surface area contributed by atoms with Crippen LogP contribution in [0.1, 0.15) is 23.0 Å². The van der Waals surface area contributed by atoms with Crippen LogP contribution in [-0.2, 0) is 9.53 Å². The lowest BCUT2D eigenvalue weighted by molar-refractivity contribution is -0.123. The van der Waals surface area contributed by atoms with E-state index in [9.17, 15) is 9.59 Å². The van der Waals surface area contributed by atoms with Crippen LogP contribution < -0.4 is 5.32 Å². The number of H-pyrrole nitrogens is 1. The average molecular weight is 307 g/mol. The lowest BCUT2D eigenvalue weighted by atomic mass is 10.2. The van der Waals surface area contributed by atoms with Crippen LogP contribution in [0.25, 0.3) is 0 Å². The van der Waals surface area contributed by atoms with E-state index in [0.29, 0.717) is 10.7 Å². The minimum atomic E-state index is -0.917. The lowest BCUT2D eigenvalue weighted by Gasteiger charge is -2.14. The molecular formula is C15H15ClN2O3. The molecule has 1 aromatic carbocycles. The molecule has 0 saturated heterocycles. The molecule has 0 spiro atoms. The van der Waals surface area contributed by atoms with Gasteiger partial charge in [0.2, 0.25) is 0 Å². The van der Waals surface area contributed by atoms with E-state index in [2.05, 4.69) is 10.3 Å². The number of aryl methyl sites for hydroxylation is 1. The zero-order valence-electron chi connectivity index (χ0n) is 11.6. The summed E-state index contributed by atoms with van der Waals surface area (Å²) in [7, 11) is 0. The number of anilines is 1. The molecule has 0 saturated carbocycles. The zero-order valence-corrected chi connectivity index (χ0v) is 12.4. The molecule has 5 nitrogen and oxygen atoms in total. The number of esters is 1. The Balaban J connectivity index is 1.97. The summed E-state index contributed by atoms with van der Waals surface area (Å²) < 4.78 is 5.08. The highest BCUT2D eigenvalue weighted by Gasteiger charge is 2.20. The molecular weight excluding hydrogens is 292 g/mol. The molecule has 1 unspecified atom stereocenters. The van der Waals surface area contributed by atoms with Gasteiger partial charge >= 0.3 is 5.97 Å². The monoisotopic (exact) mass is 306 g/mol. The summed E-state index contributed by atoms with van der Waals surface area (Å²) in [6.45, 7) is 3.39. The number of amides is 1. The second kappa shape index (κ2) is 6.45. The molecule has 2 aromatic rings. The summed E-state index contributed by atoms with van der Waals surface area (Å²) in [6.07, 6.45) is 0.551. The van der Waals surface area contributed by atoms with Gasteiger partial charge in [-0.2, -0.15) is 0 Å². The summed E-state index contributed by atoms with van der Waals surface area (Å²) in [5.74, 6) is -1.02. The highest BCUT2D eigenvalue weighted by molar-refractivity contribution is 6.30. The van der Waals surface area contributed by atoms with Crippen molar-refractivity contribution in [3.8, 4) is 0 Å². The van der Waals surface area contributed by atoms with Gasteiger partial charge in [0.15, 0.2) is 6.10 Å². The maximum absolute atomic E-state index is 12.0. The number of rotatable bonds is 4. The molecule has 1 aromatic heterocycles. The molecule has 21 heavy (non-hydrogen) atoms. The number of carbonyl (C=O) groups excluding carboxylic acids is 2. The van der Waals surface area contributed by atoms with Gasteiger partial charge in [-0.25, -0.2) is 4.79 Å². The standard InChI is InChI=1S/C15H15ClN2O3/c1-9-5-3-4-6-12(9)18-14(19)10(2)21-15(20)13-7-11(16)8-17-13/h3-8,10,17H,1-2H3,(H,18,19). The molecule has 110 valence electrons. The Morgan fingerprint density at radius 3 is 2.67 bits per heavy atom. The quantitative estimate of drug-likeness (QED) is 0.852. The first-order valence-corrected chi connectivity index (χ1v) is 6.76. The number of hydrogen-bond acceptors (Lipinski definition) is 3. The normalized spacial score (nSPS) is 11.8. The van der Waals surface area contributed by atoms with Crippen molar-refractivity contribution in [2.75, 3.05) is 5.32 Å². The minimum Gasteiger partial charge on any atom is -0.448 e. The topological polar surface area (TPSA) is 71.2 Å². The van der Waals surface area contributed by atoms with Crippen molar-refractivity contribution < 1.29 is 14.3 Å². The van der Waals surface area contributed by atoms with Crippen LogP contribution in [0.2, 0.25) is 5.02 Å². The average Bonchev–Trinajstić information content (AvgIpc) is 2.88. The van der Waals surface area contributed by atoms with E-state index in [-0.39, 0.29) is 5.69 Å². The van der Waals surface area contributed by atoms with Crippen molar-refractivity contribution in [2.24, 2.45) is 0 Å². The zero-order chi connectivity index (χ0) is 15.4. The number of benzene rings is 1. The number of carbonyl (C=O) groups is 2. The van der Waals surface area contributed by atoms with Crippen molar-refractivity contribution in [3.05, 3.63) is 52.8 Å². The molecule has 1 heterocycles. The number of ether oxygens (including phenoxy) is 1. The van der Waals surface area contributed by atoms with Crippen molar-refractivity contribution in [3.63, 3.8) is 0 Å². The van der Waals surface area contributed by atoms with Crippen molar-refractivity contribution >= 4 is 29.2 Å². The Morgan fingerprint density at radius 2 is 2.05 bits per heavy atom. The number of aromatic nitrogens is 1. The number of hydrogen-bond donors (Lipinski definition) is 2. The summed E-state index contributed by atoms with van der Waals surface area (Å²) in [6, 6.07) is 8.80. The molecule has 0 aliphatic rings. The predicted molar refractivity (Wildman–Crippen MR) is 80.5 cm³/mol. The fourth-order valence-electron chi connectivity index (χ4n) is 1.71. The summed E-state index contributed by atoms with van der Waals surface area (Å²) in [5, 5.41) is 3.12.